The number of hydrogen-bond acceptors (Lipinski definition) is 2. The molecule has 0 spiro atoms. The smallest absolute Gasteiger partial charge is 0.0949 e. The highest BCUT2D eigenvalue weighted by atomic mass is 15.1. The first-order chi connectivity index (χ1) is 7.27. The third kappa shape index (κ3) is 1.81. The third-order valence-corrected chi connectivity index (χ3v) is 3.60. The van der Waals surface area contributed by atoms with Gasteiger partial charge in [-0.05, 0) is 5.92 Å². The molecule has 1 N–H and O–H groups in total. The van der Waals surface area contributed by atoms with Gasteiger partial charge in [0.2, 0.25) is 0 Å². The SMILES string of the molecule is CCC(CC)C1NCCc2ncn(C)c21. The van der Waals surface area contributed by atoms with E-state index in [1.165, 1.54) is 24.2 Å². The molecule has 0 fully saturated rings. The minimum atomic E-state index is 0.510. The summed E-state index contributed by atoms with van der Waals surface area (Å²) in [4.78, 5) is 4.48. The predicted octanol–water partition coefficient (Wildman–Crippen LogP) is 2.04. The van der Waals surface area contributed by atoms with Gasteiger partial charge in [0.25, 0.3) is 0 Å². The zero-order chi connectivity index (χ0) is 10.8. The van der Waals surface area contributed by atoms with E-state index >= 15 is 0 Å². The second-order valence-corrected chi connectivity index (χ2v) is 4.45. The maximum atomic E-state index is 4.48. The number of imidazole rings is 1. The number of fused-ring (bicyclic) bond motifs is 1. The number of rotatable bonds is 3. The number of aryl methyl sites for hydroxylation is 1. The van der Waals surface area contributed by atoms with E-state index in [9.17, 15) is 0 Å². The van der Waals surface area contributed by atoms with Crippen molar-refractivity contribution in [2.24, 2.45) is 13.0 Å². The molecule has 3 heteroatoms. The fraction of sp³-hybridized carbons (Fsp3) is 0.750. The summed E-state index contributed by atoms with van der Waals surface area (Å²) in [5.74, 6) is 0.736. The average Bonchev–Trinajstić information content (AvgIpc) is 2.63. The van der Waals surface area contributed by atoms with Crippen LogP contribution in [-0.4, -0.2) is 16.1 Å². The largest absolute Gasteiger partial charge is 0.336 e. The van der Waals surface area contributed by atoms with Crippen LogP contribution in [0.2, 0.25) is 0 Å². The van der Waals surface area contributed by atoms with Crippen LogP contribution in [-0.2, 0) is 13.5 Å². The van der Waals surface area contributed by atoms with Crippen LogP contribution in [0.15, 0.2) is 6.33 Å². The van der Waals surface area contributed by atoms with Crippen LogP contribution >= 0.6 is 0 Å². The van der Waals surface area contributed by atoms with E-state index in [2.05, 4.69) is 35.8 Å². The van der Waals surface area contributed by atoms with Gasteiger partial charge in [0.15, 0.2) is 0 Å². The standard InChI is InChI=1S/C12H21N3/c1-4-9(5-2)11-12-10(6-7-13-11)14-8-15(12)3/h8-9,11,13H,4-7H2,1-3H3. The van der Waals surface area contributed by atoms with Crippen LogP contribution in [0.5, 0.6) is 0 Å². The van der Waals surface area contributed by atoms with Crippen molar-refractivity contribution in [3.8, 4) is 0 Å². The van der Waals surface area contributed by atoms with Crippen LogP contribution in [0.4, 0.5) is 0 Å². The average molecular weight is 207 g/mol. The summed E-state index contributed by atoms with van der Waals surface area (Å²) in [5.41, 5.74) is 2.71. The van der Waals surface area contributed by atoms with Crippen LogP contribution in [0, 0.1) is 5.92 Å². The van der Waals surface area contributed by atoms with Crippen molar-refractivity contribution >= 4 is 0 Å². The fourth-order valence-corrected chi connectivity index (χ4v) is 2.67. The highest BCUT2D eigenvalue weighted by Gasteiger charge is 2.28. The first-order valence-electron chi connectivity index (χ1n) is 6.01. The summed E-state index contributed by atoms with van der Waals surface area (Å²) < 4.78 is 2.18. The van der Waals surface area contributed by atoms with Crippen molar-refractivity contribution in [3.05, 3.63) is 17.7 Å². The molecule has 1 unspecified atom stereocenters. The molecule has 1 aromatic heterocycles. The van der Waals surface area contributed by atoms with E-state index < -0.39 is 0 Å². The van der Waals surface area contributed by atoms with Gasteiger partial charge in [-0.15, -0.1) is 0 Å². The molecule has 1 aliphatic heterocycles. The second-order valence-electron chi connectivity index (χ2n) is 4.45. The van der Waals surface area contributed by atoms with Crippen molar-refractivity contribution in [1.29, 1.82) is 0 Å². The Morgan fingerprint density at radius 3 is 2.93 bits per heavy atom. The molecule has 3 nitrogen and oxygen atoms in total. The van der Waals surface area contributed by atoms with Gasteiger partial charge >= 0.3 is 0 Å². The zero-order valence-electron chi connectivity index (χ0n) is 9.95. The van der Waals surface area contributed by atoms with Gasteiger partial charge in [0.05, 0.1) is 23.8 Å². The first kappa shape index (κ1) is 10.7. The molecule has 0 amide bonds. The van der Waals surface area contributed by atoms with E-state index in [1.807, 2.05) is 6.33 Å². The van der Waals surface area contributed by atoms with Gasteiger partial charge in [-0.2, -0.15) is 0 Å². The third-order valence-electron chi connectivity index (χ3n) is 3.60. The minimum absolute atomic E-state index is 0.510. The summed E-state index contributed by atoms with van der Waals surface area (Å²) in [6.45, 7) is 5.63. The van der Waals surface area contributed by atoms with Gasteiger partial charge in [-0.1, -0.05) is 26.7 Å². The minimum Gasteiger partial charge on any atom is -0.336 e. The molecule has 0 bridgehead atoms. The van der Waals surface area contributed by atoms with Crippen molar-refractivity contribution < 1.29 is 0 Å². The number of nitrogens with zero attached hydrogens (tertiary/aromatic N) is 2. The Hall–Kier alpha value is -0.830. The van der Waals surface area contributed by atoms with E-state index in [0.717, 1.165) is 18.9 Å². The monoisotopic (exact) mass is 207 g/mol. The lowest BCUT2D eigenvalue weighted by Gasteiger charge is -2.31. The quantitative estimate of drug-likeness (QED) is 0.822. The Balaban J connectivity index is 2.31. The fourth-order valence-electron chi connectivity index (χ4n) is 2.67. The summed E-state index contributed by atoms with van der Waals surface area (Å²) in [6, 6.07) is 0.510. The van der Waals surface area contributed by atoms with Crippen LogP contribution < -0.4 is 5.32 Å². The van der Waals surface area contributed by atoms with Gasteiger partial charge in [-0.3, -0.25) is 0 Å². The molecule has 2 rings (SSSR count). The lowest BCUT2D eigenvalue weighted by Crippen LogP contribution is -2.35. The highest BCUT2D eigenvalue weighted by molar-refractivity contribution is 5.21. The molecule has 1 aliphatic rings. The Morgan fingerprint density at radius 1 is 1.53 bits per heavy atom. The van der Waals surface area contributed by atoms with Crippen LogP contribution in [0.1, 0.15) is 44.1 Å². The van der Waals surface area contributed by atoms with Crippen LogP contribution in [0.25, 0.3) is 0 Å². The van der Waals surface area contributed by atoms with E-state index in [-0.39, 0.29) is 0 Å². The normalized spacial score (nSPS) is 20.7. The maximum absolute atomic E-state index is 4.48. The number of nitrogens with one attached hydrogen (secondary N) is 1. The summed E-state index contributed by atoms with van der Waals surface area (Å²) in [5, 5.41) is 3.64. The molecule has 0 saturated heterocycles. The van der Waals surface area contributed by atoms with Crippen molar-refractivity contribution in [2.75, 3.05) is 6.54 Å². The van der Waals surface area contributed by atoms with Gasteiger partial charge in [0.1, 0.15) is 0 Å². The molecule has 15 heavy (non-hydrogen) atoms. The second kappa shape index (κ2) is 4.35. The molecule has 0 aromatic carbocycles. The number of aromatic nitrogens is 2. The Bertz CT molecular complexity index is 326. The molecule has 84 valence electrons. The van der Waals surface area contributed by atoms with E-state index in [4.69, 9.17) is 0 Å². The van der Waals surface area contributed by atoms with Crippen molar-refractivity contribution in [1.82, 2.24) is 14.9 Å². The van der Waals surface area contributed by atoms with Crippen molar-refractivity contribution in [3.63, 3.8) is 0 Å². The summed E-state index contributed by atoms with van der Waals surface area (Å²) in [7, 11) is 2.11. The Kier molecular flexibility index (Phi) is 3.10. The molecular formula is C12H21N3. The lowest BCUT2D eigenvalue weighted by atomic mass is 9.88. The zero-order valence-corrected chi connectivity index (χ0v) is 9.95. The maximum Gasteiger partial charge on any atom is 0.0949 e. The van der Waals surface area contributed by atoms with Gasteiger partial charge in [-0.25, -0.2) is 4.98 Å². The Labute approximate surface area is 91.9 Å². The van der Waals surface area contributed by atoms with E-state index in [0.29, 0.717) is 6.04 Å². The molecule has 0 saturated carbocycles. The molecule has 1 aromatic rings. The summed E-state index contributed by atoms with van der Waals surface area (Å²) >= 11 is 0. The topological polar surface area (TPSA) is 29.9 Å². The predicted molar refractivity (Wildman–Crippen MR) is 61.7 cm³/mol. The van der Waals surface area contributed by atoms with Gasteiger partial charge < -0.3 is 9.88 Å². The molecule has 0 radical (unpaired) electrons. The van der Waals surface area contributed by atoms with E-state index in [1.54, 1.807) is 0 Å². The highest BCUT2D eigenvalue weighted by Crippen LogP contribution is 2.31. The van der Waals surface area contributed by atoms with Crippen LogP contribution in [0.3, 0.4) is 0 Å². The molecular weight excluding hydrogens is 186 g/mol. The number of hydrogen-bond donors (Lipinski definition) is 1. The Morgan fingerprint density at radius 2 is 2.27 bits per heavy atom. The molecule has 0 aliphatic carbocycles. The molecule has 2 heterocycles. The first-order valence-corrected chi connectivity index (χ1v) is 6.01. The lowest BCUT2D eigenvalue weighted by molar-refractivity contribution is 0.317. The summed E-state index contributed by atoms with van der Waals surface area (Å²) in [6.07, 6.45) is 5.50. The van der Waals surface area contributed by atoms with Gasteiger partial charge in [0, 0.05) is 20.0 Å². The van der Waals surface area contributed by atoms with Crippen molar-refractivity contribution in [2.45, 2.75) is 39.2 Å². The molecule has 1 atom stereocenters.